The average Bonchev–Trinajstić information content (AvgIpc) is 0.899. The van der Waals surface area contributed by atoms with Crippen LogP contribution < -0.4 is 31.1 Å². The number of benzene rings is 14. The van der Waals surface area contributed by atoms with E-state index in [1.165, 1.54) is 71.1 Å². The molecule has 94 heavy (non-hydrogen) atoms. The van der Waals surface area contributed by atoms with E-state index in [0.717, 1.165) is 90.4 Å². The van der Waals surface area contributed by atoms with Crippen LogP contribution in [0.5, 0.6) is 0 Å². The van der Waals surface area contributed by atoms with Crippen molar-refractivity contribution in [3.05, 3.63) is 339 Å². The van der Waals surface area contributed by atoms with Gasteiger partial charge in [-0.25, -0.2) is 0 Å². The summed E-state index contributed by atoms with van der Waals surface area (Å²) >= 11 is 0. The van der Waals surface area contributed by atoms with Crippen LogP contribution in [0.4, 0.5) is 51.2 Å². The van der Waals surface area contributed by atoms with Gasteiger partial charge in [0.05, 0.1) is 27.8 Å². The van der Waals surface area contributed by atoms with Crippen molar-refractivity contribution >= 4 is 118 Å². The molecule has 0 unspecified atom stereocenters. The maximum atomic E-state index is 2.67. The molecule has 2 aliphatic heterocycles. The van der Waals surface area contributed by atoms with Crippen molar-refractivity contribution in [3.63, 3.8) is 0 Å². The van der Waals surface area contributed by atoms with Gasteiger partial charge >= 0.3 is 0 Å². The second-order valence-electron chi connectivity index (χ2n) is 26.0. The number of fused-ring (bicyclic) bond motifs is 10. The van der Waals surface area contributed by atoms with Crippen LogP contribution in [0.3, 0.4) is 0 Å². The molecule has 16 aromatic rings. The van der Waals surface area contributed by atoms with Crippen LogP contribution in [0.2, 0.25) is 0 Å². The van der Waals surface area contributed by atoms with Crippen LogP contribution in [0.1, 0.15) is 26.3 Å². The lowest BCUT2D eigenvalue weighted by Gasteiger charge is -2.46. The highest BCUT2D eigenvalue weighted by atomic mass is 15.2. The maximum Gasteiger partial charge on any atom is 0.252 e. The Labute approximate surface area is 548 Å². The fourth-order valence-corrected chi connectivity index (χ4v) is 15.3. The molecule has 0 radical (unpaired) electrons. The molecule has 0 atom stereocenters. The Bertz CT molecular complexity index is 5450. The summed E-state index contributed by atoms with van der Waals surface area (Å²) in [5, 5.41) is 4.95. The van der Waals surface area contributed by atoms with Gasteiger partial charge in [-0.05, 0) is 159 Å². The van der Waals surface area contributed by atoms with Crippen LogP contribution in [0.25, 0.3) is 88.4 Å². The molecule has 5 nitrogen and oxygen atoms in total. The van der Waals surface area contributed by atoms with E-state index in [2.05, 4.69) is 378 Å². The monoisotopic (exact) mass is 1200 g/mol. The molecule has 0 aliphatic carbocycles. The van der Waals surface area contributed by atoms with Crippen molar-refractivity contribution in [1.29, 1.82) is 0 Å². The minimum absolute atomic E-state index is 0.185. The highest BCUT2D eigenvalue weighted by molar-refractivity contribution is 7.00. The second kappa shape index (κ2) is 21.9. The molecule has 2 aromatic heterocycles. The van der Waals surface area contributed by atoms with E-state index in [9.17, 15) is 0 Å². The minimum atomic E-state index is -0.270. The predicted octanol–water partition coefficient (Wildman–Crippen LogP) is 21.7. The normalized spacial score (nSPS) is 12.6. The molecule has 0 saturated carbocycles. The van der Waals surface area contributed by atoms with E-state index < -0.39 is 0 Å². The Morgan fingerprint density at radius 3 is 1.24 bits per heavy atom. The molecule has 18 rings (SSSR count). The molecule has 0 fully saturated rings. The van der Waals surface area contributed by atoms with Gasteiger partial charge in [0.15, 0.2) is 0 Å². The van der Waals surface area contributed by atoms with Gasteiger partial charge in [0.2, 0.25) is 0 Å². The number of nitrogens with zero attached hydrogens (tertiary/aromatic N) is 5. The predicted molar refractivity (Wildman–Crippen MR) is 399 cm³/mol. The van der Waals surface area contributed by atoms with Crippen molar-refractivity contribution in [2.24, 2.45) is 0 Å². The Hall–Kier alpha value is -11.9. The maximum absolute atomic E-state index is 2.67. The lowest BCUT2D eigenvalue weighted by molar-refractivity contribution is 0.590. The lowest BCUT2D eigenvalue weighted by atomic mass is 9.33. The zero-order valence-electron chi connectivity index (χ0n) is 52.6. The van der Waals surface area contributed by atoms with E-state index in [1.54, 1.807) is 0 Å². The number of aromatic nitrogens is 2. The van der Waals surface area contributed by atoms with Crippen LogP contribution >= 0.6 is 0 Å². The van der Waals surface area contributed by atoms with Crippen molar-refractivity contribution < 1.29 is 0 Å². The standard InChI is InChI=1S/C88H64BN5/c1-88(2,3)63-55-84-86-85(56-63)94(87-70(60-28-10-5-11-29-60)40-25-41-71(87)61-30-12-6-13-31-61)83-58-69(92-80-44-22-18-38-74(80)75-39-19-23-45-81(75)92)51-53-77(83)89(86)76-52-50-68(57-82(76)93(84)67-35-24-32-62(54-67)59-26-8-4-9-27-59)90(64-33-14-7-15-34-64)65-46-48-66(49-47-65)91-78-42-20-16-36-72(78)73-37-17-21-43-79(73)91/h4-58H,1-3H3. The molecular weight excluding hydrogens is 1140 g/mol. The van der Waals surface area contributed by atoms with E-state index in [4.69, 9.17) is 0 Å². The van der Waals surface area contributed by atoms with Crippen LogP contribution in [0, 0.1) is 0 Å². The summed E-state index contributed by atoms with van der Waals surface area (Å²) in [6.07, 6.45) is 0. The smallest absolute Gasteiger partial charge is 0.252 e. The van der Waals surface area contributed by atoms with Crippen LogP contribution in [0.15, 0.2) is 334 Å². The summed E-state index contributed by atoms with van der Waals surface area (Å²) < 4.78 is 4.88. The van der Waals surface area contributed by atoms with E-state index in [0.29, 0.717) is 0 Å². The summed E-state index contributed by atoms with van der Waals surface area (Å²) in [7, 11) is 0. The van der Waals surface area contributed by atoms with E-state index in [1.807, 2.05) is 0 Å². The van der Waals surface area contributed by atoms with E-state index in [-0.39, 0.29) is 12.1 Å². The average molecular weight is 1200 g/mol. The van der Waals surface area contributed by atoms with Crippen molar-refractivity contribution in [1.82, 2.24) is 9.13 Å². The summed E-state index contributed by atoms with van der Waals surface area (Å²) in [6.45, 7) is 6.92. The molecular formula is C88H64BN5. The van der Waals surface area contributed by atoms with Gasteiger partial charge in [-0.2, -0.15) is 0 Å². The molecule has 444 valence electrons. The Morgan fingerprint density at radius 2 is 0.702 bits per heavy atom. The highest BCUT2D eigenvalue weighted by Crippen LogP contribution is 2.53. The van der Waals surface area contributed by atoms with Gasteiger partial charge in [-0.1, -0.05) is 245 Å². The summed E-state index contributed by atoms with van der Waals surface area (Å²) in [5.41, 5.74) is 28.5. The van der Waals surface area contributed by atoms with Gasteiger partial charge < -0.3 is 23.8 Å². The Morgan fingerprint density at radius 1 is 0.287 bits per heavy atom. The molecule has 0 spiro atoms. The zero-order chi connectivity index (χ0) is 62.6. The molecule has 6 heteroatoms. The van der Waals surface area contributed by atoms with Gasteiger partial charge in [-0.3, -0.25) is 0 Å². The third kappa shape index (κ3) is 8.85. The number of para-hydroxylation sites is 6. The Balaban J connectivity index is 0.923. The third-order valence-electron chi connectivity index (χ3n) is 19.6. The summed E-state index contributed by atoms with van der Waals surface area (Å²) in [5.74, 6) is 0. The number of anilines is 9. The third-order valence-corrected chi connectivity index (χ3v) is 19.6. The largest absolute Gasteiger partial charge is 0.311 e. The second-order valence-corrected chi connectivity index (χ2v) is 26.0. The number of rotatable bonds is 10. The topological polar surface area (TPSA) is 19.6 Å². The molecule has 0 saturated heterocycles. The first kappa shape index (κ1) is 55.0. The van der Waals surface area contributed by atoms with Crippen molar-refractivity contribution in [2.45, 2.75) is 26.2 Å². The summed E-state index contributed by atoms with van der Waals surface area (Å²) in [6, 6.07) is 124. The molecule has 0 amide bonds. The van der Waals surface area contributed by atoms with Crippen molar-refractivity contribution in [3.8, 4) is 44.8 Å². The van der Waals surface area contributed by atoms with Crippen LogP contribution in [-0.4, -0.2) is 15.8 Å². The molecule has 4 heterocycles. The molecule has 0 bridgehead atoms. The number of hydrogen-bond acceptors (Lipinski definition) is 3. The van der Waals surface area contributed by atoms with Gasteiger partial charge in [0, 0.05) is 89.5 Å². The fraction of sp³-hybridized carbons (Fsp3) is 0.0455. The van der Waals surface area contributed by atoms with E-state index >= 15 is 0 Å². The first-order chi connectivity index (χ1) is 46.3. The Kier molecular flexibility index (Phi) is 12.8. The summed E-state index contributed by atoms with van der Waals surface area (Å²) in [4.78, 5) is 7.70. The minimum Gasteiger partial charge on any atom is -0.311 e. The van der Waals surface area contributed by atoms with Gasteiger partial charge in [-0.15, -0.1) is 0 Å². The van der Waals surface area contributed by atoms with Gasteiger partial charge in [0.25, 0.3) is 6.71 Å². The quantitative estimate of drug-likeness (QED) is 0.127. The zero-order valence-corrected chi connectivity index (χ0v) is 52.6. The van der Waals surface area contributed by atoms with Gasteiger partial charge in [0.1, 0.15) is 0 Å². The lowest BCUT2D eigenvalue weighted by Crippen LogP contribution is -2.61. The van der Waals surface area contributed by atoms with Crippen LogP contribution in [-0.2, 0) is 5.41 Å². The number of hydrogen-bond donors (Lipinski definition) is 0. The molecule has 14 aromatic carbocycles. The SMILES string of the molecule is CC(C)(C)c1cc2c3c(c1)N(c1c(-c4ccccc4)cccc1-c1ccccc1)c1cc(-n4c5ccccc5c5ccccc54)ccc1B3c1ccc(N(c3ccccc3)c3ccc(-n4c5ccccc5c5ccccc54)cc3)cc1N2c1cccc(-c2ccccc2)c1. The molecule has 0 N–H and O–H groups in total. The highest BCUT2D eigenvalue weighted by Gasteiger charge is 2.45. The first-order valence-electron chi connectivity index (χ1n) is 32.7. The van der Waals surface area contributed by atoms with Crippen molar-refractivity contribution in [2.75, 3.05) is 14.7 Å². The first-order valence-corrected chi connectivity index (χ1v) is 32.7. The fourth-order valence-electron chi connectivity index (χ4n) is 15.3. The molecule has 2 aliphatic rings.